The summed E-state index contributed by atoms with van der Waals surface area (Å²) in [6.07, 6.45) is 0.751. The third kappa shape index (κ3) is 1.69. The Balaban J connectivity index is 2.64. The van der Waals surface area contributed by atoms with E-state index in [-0.39, 0.29) is 5.69 Å². The zero-order valence-electron chi connectivity index (χ0n) is 7.71. The molecule has 0 fully saturated rings. The maximum Gasteiger partial charge on any atom is 0.270 e. The molecule has 0 unspecified atom stereocenters. The van der Waals surface area contributed by atoms with Gasteiger partial charge in [-0.25, -0.2) is 0 Å². The predicted octanol–water partition coefficient (Wildman–Crippen LogP) is 2.56. The third-order valence-corrected chi connectivity index (χ3v) is 2.19. The van der Waals surface area contributed by atoms with Crippen LogP contribution in [0.4, 0.5) is 5.69 Å². The number of hydrogen-bond donors (Lipinski definition) is 0. The lowest BCUT2D eigenvalue weighted by Gasteiger charge is -1.98. The number of nitro groups is 1. The lowest BCUT2D eigenvalue weighted by atomic mass is 10.1. The van der Waals surface area contributed by atoms with E-state index in [2.05, 4.69) is 0 Å². The van der Waals surface area contributed by atoms with Gasteiger partial charge in [-0.05, 0) is 22.9 Å². The minimum absolute atomic E-state index is 0.0568. The maximum atomic E-state index is 10.5. The summed E-state index contributed by atoms with van der Waals surface area (Å²) in [7, 11) is 0. The maximum absolute atomic E-state index is 10.5. The first kappa shape index (κ1) is 9.33. The van der Waals surface area contributed by atoms with E-state index in [1.807, 2.05) is 0 Å². The van der Waals surface area contributed by atoms with Crippen LogP contribution in [0.2, 0.25) is 0 Å². The van der Waals surface area contributed by atoms with Crippen LogP contribution in [-0.4, -0.2) is 11.2 Å². The van der Waals surface area contributed by atoms with Crippen molar-refractivity contribution in [2.45, 2.75) is 0 Å². The summed E-state index contributed by atoms with van der Waals surface area (Å²) in [5.74, 6) is 0. The van der Waals surface area contributed by atoms with Crippen molar-refractivity contribution in [1.82, 2.24) is 0 Å². The Labute approximate surface area is 85.3 Å². The molecule has 0 bridgehead atoms. The van der Waals surface area contributed by atoms with Gasteiger partial charge >= 0.3 is 0 Å². The van der Waals surface area contributed by atoms with E-state index in [0.29, 0.717) is 5.56 Å². The second kappa shape index (κ2) is 3.49. The molecular formula is C11H7NO3. The van der Waals surface area contributed by atoms with Crippen molar-refractivity contribution in [2.24, 2.45) is 0 Å². The normalized spacial score (nSPS) is 10.1. The number of non-ortho nitro benzene ring substituents is 1. The Morgan fingerprint density at radius 2 is 1.73 bits per heavy atom. The van der Waals surface area contributed by atoms with E-state index in [9.17, 15) is 14.9 Å². The van der Waals surface area contributed by atoms with E-state index in [4.69, 9.17) is 0 Å². The molecule has 0 saturated carbocycles. The molecular weight excluding hydrogens is 194 g/mol. The van der Waals surface area contributed by atoms with Gasteiger partial charge in [0.25, 0.3) is 5.69 Å². The highest BCUT2D eigenvalue weighted by atomic mass is 16.6. The van der Waals surface area contributed by atoms with Crippen LogP contribution in [0.1, 0.15) is 10.4 Å². The van der Waals surface area contributed by atoms with Gasteiger partial charge in [-0.2, -0.15) is 0 Å². The lowest BCUT2D eigenvalue weighted by Crippen LogP contribution is -1.87. The molecule has 2 rings (SSSR count). The van der Waals surface area contributed by atoms with Crippen LogP contribution in [0.25, 0.3) is 10.8 Å². The summed E-state index contributed by atoms with van der Waals surface area (Å²) in [6, 6.07) is 9.60. The minimum atomic E-state index is -0.437. The van der Waals surface area contributed by atoms with E-state index in [1.165, 1.54) is 12.1 Å². The average Bonchev–Trinajstić information content (AvgIpc) is 2.27. The van der Waals surface area contributed by atoms with Crippen LogP contribution in [0.5, 0.6) is 0 Å². The number of aldehydes is 1. The molecule has 4 nitrogen and oxygen atoms in total. The fourth-order valence-electron chi connectivity index (χ4n) is 1.44. The van der Waals surface area contributed by atoms with Gasteiger partial charge in [0, 0.05) is 17.7 Å². The van der Waals surface area contributed by atoms with Crippen molar-refractivity contribution in [3.05, 3.63) is 52.1 Å². The Morgan fingerprint density at radius 1 is 1.07 bits per heavy atom. The van der Waals surface area contributed by atoms with Crippen molar-refractivity contribution in [1.29, 1.82) is 0 Å². The van der Waals surface area contributed by atoms with Gasteiger partial charge in [-0.1, -0.05) is 12.1 Å². The quantitative estimate of drug-likeness (QED) is 0.426. The SMILES string of the molecule is O=Cc1ccc2cc([N+](=O)[O-])ccc2c1. The smallest absolute Gasteiger partial charge is 0.270 e. The first-order valence-corrected chi connectivity index (χ1v) is 4.34. The van der Waals surface area contributed by atoms with E-state index in [0.717, 1.165) is 17.1 Å². The Hall–Kier alpha value is -2.23. The van der Waals surface area contributed by atoms with Crippen LogP contribution >= 0.6 is 0 Å². The molecule has 0 aromatic heterocycles. The highest BCUT2D eigenvalue weighted by Crippen LogP contribution is 2.21. The van der Waals surface area contributed by atoms with Crippen molar-refractivity contribution in [3.63, 3.8) is 0 Å². The van der Waals surface area contributed by atoms with Crippen LogP contribution < -0.4 is 0 Å². The number of carbonyl (C=O) groups is 1. The van der Waals surface area contributed by atoms with Crippen molar-refractivity contribution in [2.75, 3.05) is 0 Å². The summed E-state index contributed by atoms with van der Waals surface area (Å²) >= 11 is 0. The summed E-state index contributed by atoms with van der Waals surface area (Å²) in [4.78, 5) is 20.6. The molecule has 0 radical (unpaired) electrons. The van der Waals surface area contributed by atoms with E-state index in [1.54, 1.807) is 24.3 Å². The Kier molecular flexibility index (Phi) is 2.17. The molecule has 0 spiro atoms. The third-order valence-electron chi connectivity index (χ3n) is 2.19. The van der Waals surface area contributed by atoms with Crippen molar-refractivity contribution >= 4 is 22.7 Å². The molecule has 0 aliphatic heterocycles. The zero-order valence-corrected chi connectivity index (χ0v) is 7.71. The largest absolute Gasteiger partial charge is 0.298 e. The molecule has 74 valence electrons. The molecule has 0 amide bonds. The van der Waals surface area contributed by atoms with Gasteiger partial charge in [-0.15, -0.1) is 0 Å². The van der Waals surface area contributed by atoms with Crippen LogP contribution in [0.15, 0.2) is 36.4 Å². The van der Waals surface area contributed by atoms with Crippen molar-refractivity contribution < 1.29 is 9.72 Å². The number of rotatable bonds is 2. The Bertz CT molecular complexity index is 549. The summed E-state index contributed by atoms with van der Waals surface area (Å²) < 4.78 is 0. The molecule has 0 heterocycles. The predicted molar refractivity (Wildman–Crippen MR) is 56.0 cm³/mol. The molecule has 2 aromatic rings. The number of hydrogen-bond acceptors (Lipinski definition) is 3. The number of benzene rings is 2. The number of nitrogens with zero attached hydrogens (tertiary/aromatic N) is 1. The van der Waals surface area contributed by atoms with Crippen LogP contribution in [0.3, 0.4) is 0 Å². The van der Waals surface area contributed by atoms with Crippen molar-refractivity contribution in [3.8, 4) is 0 Å². The number of nitro benzene ring substituents is 1. The van der Waals surface area contributed by atoms with Crippen LogP contribution in [-0.2, 0) is 0 Å². The Morgan fingerprint density at radius 3 is 2.40 bits per heavy atom. The molecule has 4 heteroatoms. The highest BCUT2D eigenvalue weighted by molar-refractivity contribution is 5.90. The molecule has 0 N–H and O–H groups in total. The average molecular weight is 201 g/mol. The number of fused-ring (bicyclic) bond motifs is 1. The summed E-state index contributed by atoms with van der Waals surface area (Å²) in [5.41, 5.74) is 0.623. The molecule has 0 atom stereocenters. The fourth-order valence-corrected chi connectivity index (χ4v) is 1.44. The fraction of sp³-hybridized carbons (Fsp3) is 0. The van der Waals surface area contributed by atoms with Gasteiger partial charge in [-0.3, -0.25) is 14.9 Å². The van der Waals surface area contributed by atoms with E-state index >= 15 is 0 Å². The van der Waals surface area contributed by atoms with Gasteiger partial charge in [0.1, 0.15) is 6.29 Å². The zero-order chi connectivity index (χ0) is 10.8. The van der Waals surface area contributed by atoms with Gasteiger partial charge < -0.3 is 0 Å². The van der Waals surface area contributed by atoms with Gasteiger partial charge in [0.05, 0.1) is 4.92 Å². The molecule has 0 aliphatic carbocycles. The number of carbonyl (C=O) groups excluding carboxylic acids is 1. The second-order valence-electron chi connectivity index (χ2n) is 3.17. The highest BCUT2D eigenvalue weighted by Gasteiger charge is 2.05. The summed E-state index contributed by atoms with van der Waals surface area (Å²) in [5, 5.41) is 12.1. The van der Waals surface area contributed by atoms with E-state index < -0.39 is 4.92 Å². The monoisotopic (exact) mass is 201 g/mol. The molecule has 0 saturated heterocycles. The first-order chi connectivity index (χ1) is 7.20. The molecule has 2 aromatic carbocycles. The van der Waals surface area contributed by atoms with Gasteiger partial charge in [0.15, 0.2) is 0 Å². The lowest BCUT2D eigenvalue weighted by molar-refractivity contribution is -0.384. The van der Waals surface area contributed by atoms with Gasteiger partial charge in [0.2, 0.25) is 0 Å². The minimum Gasteiger partial charge on any atom is -0.298 e. The second-order valence-corrected chi connectivity index (χ2v) is 3.17. The topological polar surface area (TPSA) is 60.2 Å². The molecule has 0 aliphatic rings. The first-order valence-electron chi connectivity index (χ1n) is 4.34. The standard InChI is InChI=1S/C11H7NO3/c13-7-8-1-2-10-6-11(12(14)15)4-3-9(10)5-8/h1-7H. The molecule has 15 heavy (non-hydrogen) atoms. The summed E-state index contributed by atoms with van der Waals surface area (Å²) in [6.45, 7) is 0. The van der Waals surface area contributed by atoms with Crippen LogP contribution in [0, 0.1) is 10.1 Å².